The zero-order valence-electron chi connectivity index (χ0n) is 17.8. The molecule has 0 saturated carbocycles. The Morgan fingerprint density at radius 3 is 2.00 bits per heavy atom. The Bertz CT molecular complexity index is 1210. The highest BCUT2D eigenvalue weighted by Gasteiger charge is 2.15. The van der Waals surface area contributed by atoms with E-state index in [1.807, 2.05) is 91.0 Å². The van der Waals surface area contributed by atoms with Crippen LogP contribution in [0.5, 0.6) is 17.5 Å². The third-order valence-electron chi connectivity index (χ3n) is 4.96. The Morgan fingerprint density at radius 1 is 0.750 bits per heavy atom. The molecule has 0 amide bonds. The quantitative estimate of drug-likeness (QED) is 0.332. The van der Waals surface area contributed by atoms with E-state index in [-0.39, 0.29) is 0 Å². The van der Waals surface area contributed by atoms with Crippen molar-refractivity contribution in [2.75, 3.05) is 7.11 Å². The molecule has 4 nitrogen and oxygen atoms in total. The number of pyridine rings is 1. The van der Waals surface area contributed by atoms with Crippen LogP contribution in [0.15, 0.2) is 91.0 Å². The number of terminal acetylenes is 1. The number of rotatable bonds is 8. The Morgan fingerprint density at radius 2 is 1.38 bits per heavy atom. The minimum atomic E-state index is 0.379. The van der Waals surface area contributed by atoms with E-state index in [1.54, 1.807) is 7.11 Å². The molecule has 0 aliphatic rings. The fourth-order valence-electron chi connectivity index (χ4n) is 3.28. The highest BCUT2D eigenvalue weighted by molar-refractivity contribution is 5.76. The third-order valence-corrected chi connectivity index (χ3v) is 4.96. The van der Waals surface area contributed by atoms with Crippen LogP contribution in [0.1, 0.15) is 16.7 Å². The molecule has 0 saturated heterocycles. The van der Waals surface area contributed by atoms with Crippen molar-refractivity contribution >= 4 is 0 Å². The second kappa shape index (κ2) is 10.2. The molecular formula is C28H23NO3. The van der Waals surface area contributed by atoms with Gasteiger partial charge in [0.2, 0.25) is 11.8 Å². The van der Waals surface area contributed by atoms with E-state index in [4.69, 9.17) is 20.6 Å². The summed E-state index contributed by atoms with van der Waals surface area (Å²) in [7, 11) is 1.62. The molecule has 0 atom stereocenters. The van der Waals surface area contributed by atoms with E-state index in [1.165, 1.54) is 0 Å². The first-order valence-electron chi connectivity index (χ1n) is 10.3. The Balaban J connectivity index is 1.66. The van der Waals surface area contributed by atoms with Crippen LogP contribution in [0.3, 0.4) is 0 Å². The van der Waals surface area contributed by atoms with Gasteiger partial charge in [0.15, 0.2) is 0 Å². The van der Waals surface area contributed by atoms with Gasteiger partial charge in [-0.2, -0.15) is 4.98 Å². The smallest absolute Gasteiger partial charge is 0.225 e. The van der Waals surface area contributed by atoms with Gasteiger partial charge in [-0.25, -0.2) is 0 Å². The minimum Gasteiger partial charge on any atom is -0.497 e. The molecule has 4 heteroatoms. The predicted octanol–water partition coefficient (Wildman–Crippen LogP) is 5.90. The summed E-state index contributed by atoms with van der Waals surface area (Å²) in [6.07, 6.45) is 5.78. The molecule has 32 heavy (non-hydrogen) atoms. The van der Waals surface area contributed by atoms with Gasteiger partial charge in [0.25, 0.3) is 0 Å². The normalized spacial score (nSPS) is 10.2. The Labute approximate surface area is 188 Å². The SMILES string of the molecule is C#Cc1cc(OC)ccc1-c1ccc(OCc2ccccc2)nc1OCc1ccccc1. The lowest BCUT2D eigenvalue weighted by Crippen LogP contribution is -2.03. The number of benzene rings is 3. The maximum absolute atomic E-state index is 6.14. The summed E-state index contributed by atoms with van der Waals surface area (Å²) >= 11 is 0. The van der Waals surface area contributed by atoms with Crippen LogP contribution in [0.25, 0.3) is 11.1 Å². The third kappa shape index (κ3) is 5.08. The zero-order chi connectivity index (χ0) is 22.2. The van der Waals surface area contributed by atoms with Crippen molar-refractivity contribution in [1.29, 1.82) is 0 Å². The highest BCUT2D eigenvalue weighted by atomic mass is 16.5. The molecule has 1 heterocycles. The average molecular weight is 421 g/mol. The molecule has 1 aromatic heterocycles. The molecule has 0 fully saturated rings. The Kier molecular flexibility index (Phi) is 6.69. The number of nitrogens with zero attached hydrogens (tertiary/aromatic N) is 1. The molecule has 0 bridgehead atoms. The second-order valence-corrected chi connectivity index (χ2v) is 7.11. The molecule has 0 unspecified atom stereocenters. The fourth-order valence-corrected chi connectivity index (χ4v) is 3.28. The molecule has 158 valence electrons. The first-order chi connectivity index (χ1) is 15.8. The first-order valence-corrected chi connectivity index (χ1v) is 10.3. The summed E-state index contributed by atoms with van der Waals surface area (Å²) in [5, 5.41) is 0. The first kappa shape index (κ1) is 21.0. The van der Waals surface area contributed by atoms with E-state index in [9.17, 15) is 0 Å². The molecule has 3 aromatic carbocycles. The van der Waals surface area contributed by atoms with Crippen molar-refractivity contribution in [2.24, 2.45) is 0 Å². The van der Waals surface area contributed by atoms with Crippen molar-refractivity contribution in [1.82, 2.24) is 4.98 Å². The summed E-state index contributed by atoms with van der Waals surface area (Å²) in [5.41, 5.74) is 4.45. The number of hydrogen-bond donors (Lipinski definition) is 0. The van der Waals surface area contributed by atoms with Gasteiger partial charge in [0.1, 0.15) is 19.0 Å². The molecule has 0 aliphatic carbocycles. The van der Waals surface area contributed by atoms with E-state index >= 15 is 0 Å². The van der Waals surface area contributed by atoms with Crippen LogP contribution in [0.2, 0.25) is 0 Å². The number of ether oxygens (including phenoxy) is 3. The van der Waals surface area contributed by atoms with E-state index in [0.717, 1.165) is 22.3 Å². The van der Waals surface area contributed by atoms with Crippen LogP contribution < -0.4 is 14.2 Å². The average Bonchev–Trinajstić information content (AvgIpc) is 2.87. The van der Waals surface area contributed by atoms with Crippen molar-refractivity contribution in [2.45, 2.75) is 13.2 Å². The summed E-state index contributed by atoms with van der Waals surface area (Å²) in [5.74, 6) is 4.38. The fraction of sp³-hybridized carbons (Fsp3) is 0.107. The summed E-state index contributed by atoms with van der Waals surface area (Å²) in [4.78, 5) is 4.65. The molecular weight excluding hydrogens is 398 g/mol. The largest absolute Gasteiger partial charge is 0.497 e. The van der Waals surface area contributed by atoms with Crippen molar-refractivity contribution in [3.05, 3.63) is 108 Å². The molecule has 0 spiro atoms. The van der Waals surface area contributed by atoms with E-state index < -0.39 is 0 Å². The maximum atomic E-state index is 6.14. The van der Waals surface area contributed by atoms with Crippen LogP contribution >= 0.6 is 0 Å². The lowest BCUT2D eigenvalue weighted by atomic mass is 10.0. The van der Waals surface area contributed by atoms with Crippen molar-refractivity contribution in [3.63, 3.8) is 0 Å². The van der Waals surface area contributed by atoms with Gasteiger partial charge in [-0.3, -0.25) is 0 Å². The summed E-state index contributed by atoms with van der Waals surface area (Å²) in [6, 6.07) is 29.3. The number of methoxy groups -OCH3 is 1. The van der Waals surface area contributed by atoms with Gasteiger partial charge in [-0.1, -0.05) is 66.6 Å². The standard InChI is InChI=1S/C28H23NO3/c1-3-23-18-24(30-2)14-15-25(23)26-16-17-27(31-19-21-10-6-4-7-11-21)29-28(26)32-20-22-12-8-5-9-13-22/h1,4-18H,19-20H2,2H3. The van der Waals surface area contributed by atoms with Crippen LogP contribution in [-0.4, -0.2) is 12.1 Å². The van der Waals surface area contributed by atoms with Crippen LogP contribution in [0.4, 0.5) is 0 Å². The summed E-state index contributed by atoms with van der Waals surface area (Å²) < 4.78 is 17.4. The zero-order valence-corrected chi connectivity index (χ0v) is 17.8. The second-order valence-electron chi connectivity index (χ2n) is 7.11. The van der Waals surface area contributed by atoms with Gasteiger partial charge in [0, 0.05) is 22.8 Å². The van der Waals surface area contributed by atoms with Gasteiger partial charge in [0.05, 0.1) is 7.11 Å². The lowest BCUT2D eigenvalue weighted by Gasteiger charge is -2.15. The van der Waals surface area contributed by atoms with E-state index in [0.29, 0.717) is 36.3 Å². The van der Waals surface area contributed by atoms with Gasteiger partial charge in [-0.05, 0) is 35.4 Å². The maximum Gasteiger partial charge on any atom is 0.225 e. The van der Waals surface area contributed by atoms with Gasteiger partial charge < -0.3 is 14.2 Å². The summed E-state index contributed by atoms with van der Waals surface area (Å²) in [6.45, 7) is 0.800. The lowest BCUT2D eigenvalue weighted by molar-refractivity contribution is 0.268. The highest BCUT2D eigenvalue weighted by Crippen LogP contribution is 2.35. The van der Waals surface area contributed by atoms with Crippen LogP contribution in [-0.2, 0) is 13.2 Å². The molecule has 0 N–H and O–H groups in total. The minimum absolute atomic E-state index is 0.379. The van der Waals surface area contributed by atoms with Crippen molar-refractivity contribution < 1.29 is 14.2 Å². The topological polar surface area (TPSA) is 40.6 Å². The Hall–Kier alpha value is -4.23. The monoisotopic (exact) mass is 421 g/mol. The van der Waals surface area contributed by atoms with Gasteiger partial charge in [-0.15, -0.1) is 6.42 Å². The molecule has 0 radical (unpaired) electrons. The number of aromatic nitrogens is 1. The molecule has 0 aliphatic heterocycles. The number of hydrogen-bond acceptors (Lipinski definition) is 4. The van der Waals surface area contributed by atoms with Crippen LogP contribution in [0, 0.1) is 12.3 Å². The molecule has 4 rings (SSSR count). The molecule has 4 aromatic rings. The van der Waals surface area contributed by atoms with Gasteiger partial charge >= 0.3 is 0 Å². The predicted molar refractivity (Wildman–Crippen MR) is 126 cm³/mol. The van der Waals surface area contributed by atoms with Crippen molar-refractivity contribution in [3.8, 4) is 41.0 Å². The van der Waals surface area contributed by atoms with E-state index in [2.05, 4.69) is 10.9 Å².